The van der Waals surface area contributed by atoms with Crippen molar-refractivity contribution in [2.24, 2.45) is 5.73 Å². The summed E-state index contributed by atoms with van der Waals surface area (Å²) in [6, 6.07) is 14.4. The van der Waals surface area contributed by atoms with E-state index in [1.54, 1.807) is 0 Å². The van der Waals surface area contributed by atoms with E-state index in [0.717, 1.165) is 41.0 Å². The average Bonchev–Trinajstić information content (AvgIpc) is 3.94. The van der Waals surface area contributed by atoms with Crippen LogP contribution in [0.5, 0.6) is 5.75 Å². The second kappa shape index (κ2) is 14.6. The number of nitrogens with two attached hydrogens (primary N) is 1. The van der Waals surface area contributed by atoms with Crippen molar-refractivity contribution in [3.05, 3.63) is 123 Å². The molecule has 0 atom stereocenters. The standard InChI is InChI=1S/C37H35F6N3O5S/c1-37(2,3)25-14-20(13-24(15-25)21-9-10-21)17-46(27-12-11-22(36(44)48)16-28(27)51-4)29(47)19-45(18-23-7-5-6-8-26(23)38)52(49,50)35-33(42)31(40)30(39)32(41)34(35)43/h5-8,11-16,21H,9-10,17-19H2,1-4H3,(H2,44,48). The molecule has 1 fully saturated rings. The maximum atomic E-state index is 15.0. The summed E-state index contributed by atoms with van der Waals surface area (Å²) in [6.45, 7) is 3.46. The van der Waals surface area contributed by atoms with Crippen LogP contribution in [0.2, 0.25) is 0 Å². The number of carbonyl (C=O) groups excluding carboxylic acids is 2. The van der Waals surface area contributed by atoms with E-state index < -0.39 is 74.7 Å². The first-order valence-electron chi connectivity index (χ1n) is 16.0. The molecule has 1 aliphatic carbocycles. The number of primary amides is 1. The second-order valence-electron chi connectivity index (χ2n) is 13.5. The summed E-state index contributed by atoms with van der Waals surface area (Å²) in [5.41, 5.74) is 7.33. The summed E-state index contributed by atoms with van der Waals surface area (Å²) in [5, 5.41) is 0. The number of anilines is 1. The molecule has 276 valence electrons. The Kier molecular flexibility index (Phi) is 10.8. The van der Waals surface area contributed by atoms with Crippen LogP contribution in [0.1, 0.15) is 72.1 Å². The molecule has 15 heteroatoms. The van der Waals surface area contributed by atoms with Crippen LogP contribution in [0.15, 0.2) is 65.6 Å². The maximum absolute atomic E-state index is 15.0. The summed E-state index contributed by atoms with van der Waals surface area (Å²) in [4.78, 5) is 25.3. The lowest BCUT2D eigenvalue weighted by Crippen LogP contribution is -2.43. The van der Waals surface area contributed by atoms with Crippen LogP contribution < -0.4 is 15.4 Å². The number of sulfonamides is 1. The van der Waals surface area contributed by atoms with Gasteiger partial charge < -0.3 is 15.4 Å². The highest BCUT2D eigenvalue weighted by Gasteiger charge is 2.39. The normalized spacial score (nSPS) is 13.4. The molecule has 1 aliphatic rings. The smallest absolute Gasteiger partial charge is 0.249 e. The van der Waals surface area contributed by atoms with Crippen molar-refractivity contribution in [3.8, 4) is 5.75 Å². The Hall–Kier alpha value is -4.89. The third-order valence-electron chi connectivity index (χ3n) is 8.71. The van der Waals surface area contributed by atoms with E-state index in [4.69, 9.17) is 10.5 Å². The SMILES string of the molecule is COc1cc(C(N)=O)ccc1N(Cc1cc(C2CC2)cc(C(C)(C)C)c1)C(=O)CN(Cc1ccccc1F)S(=O)(=O)c1c(F)c(F)c(F)c(F)c1F. The van der Waals surface area contributed by atoms with E-state index in [1.807, 2.05) is 32.9 Å². The van der Waals surface area contributed by atoms with E-state index in [9.17, 15) is 35.6 Å². The molecule has 0 aliphatic heterocycles. The summed E-state index contributed by atoms with van der Waals surface area (Å²) in [5.74, 6) is -15.6. The molecular formula is C37H35F6N3O5S. The predicted octanol–water partition coefficient (Wildman–Crippen LogP) is 7.23. The molecule has 52 heavy (non-hydrogen) atoms. The minimum Gasteiger partial charge on any atom is -0.495 e. The van der Waals surface area contributed by atoms with E-state index in [0.29, 0.717) is 5.56 Å². The predicted molar refractivity (Wildman–Crippen MR) is 180 cm³/mol. The van der Waals surface area contributed by atoms with Crippen LogP contribution in [0.3, 0.4) is 0 Å². The lowest BCUT2D eigenvalue weighted by Gasteiger charge is -2.30. The molecule has 2 amide bonds. The van der Waals surface area contributed by atoms with Gasteiger partial charge in [-0.3, -0.25) is 9.59 Å². The number of nitrogens with zero attached hydrogens (tertiary/aromatic N) is 2. The van der Waals surface area contributed by atoms with Gasteiger partial charge in [-0.2, -0.15) is 4.31 Å². The van der Waals surface area contributed by atoms with Gasteiger partial charge in [0, 0.05) is 17.7 Å². The van der Waals surface area contributed by atoms with Crippen LogP contribution in [0, 0.1) is 34.9 Å². The first-order valence-corrected chi connectivity index (χ1v) is 17.5. The van der Waals surface area contributed by atoms with Gasteiger partial charge in [0.15, 0.2) is 28.2 Å². The average molecular weight is 748 g/mol. The van der Waals surface area contributed by atoms with E-state index in [1.165, 1.54) is 37.4 Å². The van der Waals surface area contributed by atoms with E-state index in [2.05, 4.69) is 6.07 Å². The van der Waals surface area contributed by atoms with E-state index >= 15 is 8.78 Å². The molecule has 0 spiro atoms. The van der Waals surface area contributed by atoms with Crippen LogP contribution in [0.25, 0.3) is 0 Å². The molecule has 0 saturated heterocycles. The number of methoxy groups -OCH3 is 1. The summed E-state index contributed by atoms with van der Waals surface area (Å²) < 4.78 is 121. The molecule has 0 radical (unpaired) electrons. The number of rotatable bonds is 12. The fourth-order valence-electron chi connectivity index (χ4n) is 5.66. The summed E-state index contributed by atoms with van der Waals surface area (Å²) in [6.07, 6.45) is 1.91. The van der Waals surface area contributed by atoms with Gasteiger partial charge >= 0.3 is 0 Å². The lowest BCUT2D eigenvalue weighted by molar-refractivity contribution is -0.119. The zero-order valence-electron chi connectivity index (χ0n) is 28.6. The highest BCUT2D eigenvalue weighted by molar-refractivity contribution is 7.89. The molecule has 8 nitrogen and oxygen atoms in total. The Balaban J connectivity index is 1.67. The van der Waals surface area contributed by atoms with Crippen molar-refractivity contribution in [3.63, 3.8) is 0 Å². The molecule has 0 aromatic heterocycles. The van der Waals surface area contributed by atoms with Gasteiger partial charge in [0.2, 0.25) is 27.7 Å². The van der Waals surface area contributed by atoms with Gasteiger partial charge in [-0.05, 0) is 65.1 Å². The van der Waals surface area contributed by atoms with Gasteiger partial charge in [0.25, 0.3) is 0 Å². The fraction of sp³-hybridized carbons (Fsp3) is 0.297. The minimum absolute atomic E-state index is 0.00817. The van der Waals surface area contributed by atoms with Gasteiger partial charge in [0.1, 0.15) is 11.6 Å². The zero-order valence-corrected chi connectivity index (χ0v) is 29.4. The molecule has 0 heterocycles. The monoisotopic (exact) mass is 747 g/mol. The summed E-state index contributed by atoms with van der Waals surface area (Å²) in [7, 11) is -4.52. The van der Waals surface area contributed by atoms with Crippen LogP contribution in [-0.4, -0.2) is 38.2 Å². The minimum atomic E-state index is -5.76. The zero-order chi connectivity index (χ0) is 38.3. The number of hydrogen-bond acceptors (Lipinski definition) is 5. The topological polar surface area (TPSA) is 110 Å². The molecule has 4 aromatic rings. The Bertz CT molecular complexity index is 2140. The number of halogens is 6. The van der Waals surface area contributed by atoms with Crippen molar-refractivity contribution in [2.75, 3.05) is 18.6 Å². The Labute approximate surface area is 296 Å². The molecule has 4 aromatic carbocycles. The van der Waals surface area contributed by atoms with Gasteiger partial charge in [-0.25, -0.2) is 34.8 Å². The number of ether oxygens (including phenoxy) is 1. The third-order valence-corrected chi connectivity index (χ3v) is 10.5. The highest BCUT2D eigenvalue weighted by atomic mass is 32.2. The third kappa shape index (κ3) is 7.80. The Morgan fingerprint density at radius 3 is 2.02 bits per heavy atom. The number of amides is 2. The quantitative estimate of drug-likeness (QED) is 0.0935. The maximum Gasteiger partial charge on any atom is 0.249 e. The summed E-state index contributed by atoms with van der Waals surface area (Å²) >= 11 is 0. The van der Waals surface area contributed by atoms with Crippen LogP contribution in [-0.2, 0) is 33.3 Å². The van der Waals surface area contributed by atoms with Crippen molar-refractivity contribution in [1.29, 1.82) is 0 Å². The van der Waals surface area contributed by atoms with Gasteiger partial charge in [0.05, 0.1) is 25.9 Å². The van der Waals surface area contributed by atoms with Crippen molar-refractivity contribution >= 4 is 27.5 Å². The first kappa shape index (κ1) is 38.3. The number of carbonyl (C=O) groups is 2. The molecule has 0 unspecified atom stereocenters. The van der Waals surface area contributed by atoms with Crippen molar-refractivity contribution < 1.29 is 49.1 Å². The van der Waals surface area contributed by atoms with Gasteiger partial charge in [-0.15, -0.1) is 0 Å². The fourth-order valence-corrected chi connectivity index (χ4v) is 7.14. The molecular weight excluding hydrogens is 712 g/mol. The van der Waals surface area contributed by atoms with Gasteiger partial charge in [-0.1, -0.05) is 57.2 Å². The Morgan fingerprint density at radius 2 is 1.46 bits per heavy atom. The number of benzene rings is 4. The van der Waals surface area contributed by atoms with Crippen LogP contribution >= 0.6 is 0 Å². The molecule has 2 N–H and O–H groups in total. The molecule has 0 bridgehead atoms. The number of hydrogen-bond donors (Lipinski definition) is 1. The second-order valence-corrected chi connectivity index (χ2v) is 15.4. The van der Waals surface area contributed by atoms with Crippen molar-refractivity contribution in [1.82, 2.24) is 4.31 Å². The largest absolute Gasteiger partial charge is 0.495 e. The molecule has 1 saturated carbocycles. The highest BCUT2D eigenvalue weighted by Crippen LogP contribution is 2.42. The molecule has 5 rings (SSSR count). The van der Waals surface area contributed by atoms with E-state index in [-0.39, 0.29) is 44.7 Å². The van der Waals surface area contributed by atoms with Crippen LogP contribution in [0.4, 0.5) is 32.0 Å². The van der Waals surface area contributed by atoms with Crippen molar-refractivity contribution in [2.45, 2.75) is 62.9 Å². The Morgan fingerprint density at radius 1 is 0.846 bits per heavy atom. The lowest BCUT2D eigenvalue weighted by atomic mass is 9.84. The first-order chi connectivity index (χ1) is 24.3.